The summed E-state index contributed by atoms with van der Waals surface area (Å²) in [6.45, 7) is 4.27. The molecule has 4 heteroatoms. The fraction of sp³-hybridized carbons (Fsp3) is 0.800. The summed E-state index contributed by atoms with van der Waals surface area (Å²) in [6, 6.07) is 0. The maximum atomic E-state index is 10.5. The molecule has 0 bridgehead atoms. The van der Waals surface area contributed by atoms with E-state index in [2.05, 4.69) is 4.74 Å². The van der Waals surface area contributed by atoms with Crippen LogP contribution in [0.15, 0.2) is 0 Å². The van der Waals surface area contributed by atoms with Crippen LogP contribution in [-0.4, -0.2) is 17.7 Å². The molecule has 0 aromatic carbocycles. The molecule has 0 rings (SSSR count). The molecular weight excluding hydrogens is 156 g/mol. The zero-order chi connectivity index (χ0) is 7.11. The Bertz CT molecular complexity index is 85.0. The van der Waals surface area contributed by atoms with Crippen molar-refractivity contribution in [2.75, 3.05) is 12.4 Å². The molecule has 0 aliphatic heterocycles. The minimum absolute atomic E-state index is 0.190. The van der Waals surface area contributed by atoms with Gasteiger partial charge in [0.05, 0.1) is 6.61 Å². The summed E-state index contributed by atoms with van der Waals surface area (Å²) in [6.07, 6.45) is 0. The van der Waals surface area contributed by atoms with Crippen molar-refractivity contribution in [3.8, 4) is 0 Å². The minimum atomic E-state index is -0.190. The monoisotopic (exact) mass is 166 g/mol. The third-order valence-corrected chi connectivity index (χ3v) is 2.58. The van der Waals surface area contributed by atoms with Gasteiger partial charge in [0.2, 0.25) is 0 Å². The highest BCUT2D eigenvalue weighted by atomic mass is 33.1. The van der Waals surface area contributed by atoms with Crippen molar-refractivity contribution in [1.29, 1.82) is 0 Å². The van der Waals surface area contributed by atoms with E-state index >= 15 is 0 Å². The van der Waals surface area contributed by atoms with Crippen LogP contribution in [0.25, 0.3) is 0 Å². The highest BCUT2D eigenvalue weighted by molar-refractivity contribution is 8.82. The van der Waals surface area contributed by atoms with Gasteiger partial charge in [0.1, 0.15) is 0 Å². The third kappa shape index (κ3) is 6.05. The van der Waals surface area contributed by atoms with Crippen LogP contribution in [0.3, 0.4) is 0 Å². The summed E-state index contributed by atoms with van der Waals surface area (Å²) in [5.74, 6) is 0.934. The van der Waals surface area contributed by atoms with Gasteiger partial charge < -0.3 is 4.74 Å². The Balaban J connectivity index is 3.06. The second kappa shape index (κ2) is 6.29. The van der Waals surface area contributed by atoms with Crippen molar-refractivity contribution in [2.24, 2.45) is 0 Å². The van der Waals surface area contributed by atoms with E-state index in [0.29, 0.717) is 6.61 Å². The first-order chi connectivity index (χ1) is 4.31. The standard InChI is InChI=1S/C5H10O2S2/c1-3-7-5(6)9-8-4-2/h3-4H2,1-2H3. The van der Waals surface area contributed by atoms with Gasteiger partial charge in [0.15, 0.2) is 0 Å². The molecule has 0 unspecified atom stereocenters. The van der Waals surface area contributed by atoms with Crippen LogP contribution in [0.4, 0.5) is 4.79 Å². The van der Waals surface area contributed by atoms with E-state index in [-0.39, 0.29) is 5.30 Å². The molecular formula is C5H10O2S2. The van der Waals surface area contributed by atoms with Crippen molar-refractivity contribution in [1.82, 2.24) is 0 Å². The summed E-state index contributed by atoms with van der Waals surface area (Å²) >= 11 is 0. The molecule has 0 aliphatic rings. The quantitative estimate of drug-likeness (QED) is 0.475. The summed E-state index contributed by atoms with van der Waals surface area (Å²) in [4.78, 5) is 10.5. The van der Waals surface area contributed by atoms with Crippen LogP contribution in [0.5, 0.6) is 0 Å². The number of ether oxygens (including phenoxy) is 1. The van der Waals surface area contributed by atoms with Crippen LogP contribution >= 0.6 is 21.6 Å². The van der Waals surface area contributed by atoms with Crippen molar-refractivity contribution >= 4 is 26.9 Å². The van der Waals surface area contributed by atoms with E-state index in [4.69, 9.17) is 0 Å². The normalized spacial score (nSPS) is 9.11. The Morgan fingerprint density at radius 3 is 2.67 bits per heavy atom. The molecule has 0 radical (unpaired) electrons. The number of carbonyl (C=O) groups is 1. The number of carbonyl (C=O) groups excluding carboxylic acids is 1. The maximum Gasteiger partial charge on any atom is 0.378 e. The third-order valence-electron chi connectivity index (χ3n) is 0.507. The smallest absolute Gasteiger partial charge is 0.378 e. The summed E-state index contributed by atoms with van der Waals surface area (Å²) in [7, 11) is 2.65. The van der Waals surface area contributed by atoms with Gasteiger partial charge in [0, 0.05) is 16.5 Å². The second-order valence-electron chi connectivity index (χ2n) is 1.17. The Morgan fingerprint density at radius 2 is 2.22 bits per heavy atom. The van der Waals surface area contributed by atoms with Crippen LogP contribution in [-0.2, 0) is 4.74 Å². The second-order valence-corrected chi connectivity index (χ2v) is 3.69. The first-order valence-corrected chi connectivity index (χ1v) is 5.09. The molecule has 0 saturated carbocycles. The molecule has 0 N–H and O–H groups in total. The molecule has 54 valence electrons. The predicted octanol–water partition coefficient (Wildman–Crippen LogP) is 2.54. The van der Waals surface area contributed by atoms with Gasteiger partial charge in [-0.25, -0.2) is 4.79 Å². The zero-order valence-corrected chi connectivity index (χ0v) is 7.18. The average Bonchev–Trinajstić information content (AvgIpc) is 1.85. The Morgan fingerprint density at radius 1 is 1.56 bits per heavy atom. The molecule has 0 amide bonds. The molecule has 0 atom stereocenters. The lowest BCUT2D eigenvalue weighted by Crippen LogP contribution is -1.93. The van der Waals surface area contributed by atoms with E-state index in [9.17, 15) is 4.79 Å². The largest absolute Gasteiger partial charge is 0.457 e. The van der Waals surface area contributed by atoms with Crippen LogP contribution in [0.1, 0.15) is 13.8 Å². The van der Waals surface area contributed by atoms with E-state index < -0.39 is 0 Å². The molecule has 0 aromatic heterocycles. The highest BCUT2D eigenvalue weighted by Gasteiger charge is 1.99. The van der Waals surface area contributed by atoms with Crippen LogP contribution < -0.4 is 0 Å². The van der Waals surface area contributed by atoms with Gasteiger partial charge in [-0.15, -0.1) is 0 Å². The molecule has 0 aliphatic carbocycles. The number of hydrogen-bond donors (Lipinski definition) is 0. The SMILES string of the molecule is CCOC(=O)SSCC. The maximum absolute atomic E-state index is 10.5. The Kier molecular flexibility index (Phi) is 6.41. The molecule has 0 saturated heterocycles. The lowest BCUT2D eigenvalue weighted by Gasteiger charge is -1.96. The fourth-order valence-corrected chi connectivity index (χ4v) is 1.42. The van der Waals surface area contributed by atoms with Gasteiger partial charge in [0.25, 0.3) is 0 Å². The summed E-state index contributed by atoms with van der Waals surface area (Å²) in [5.41, 5.74) is 0. The van der Waals surface area contributed by atoms with Crippen molar-refractivity contribution in [2.45, 2.75) is 13.8 Å². The van der Waals surface area contributed by atoms with E-state index in [1.807, 2.05) is 6.92 Å². The van der Waals surface area contributed by atoms with Gasteiger partial charge in [-0.2, -0.15) is 0 Å². The minimum Gasteiger partial charge on any atom is -0.457 e. The fourth-order valence-electron chi connectivity index (χ4n) is 0.249. The van der Waals surface area contributed by atoms with E-state index in [0.717, 1.165) is 16.5 Å². The Hall–Kier alpha value is 0.170. The van der Waals surface area contributed by atoms with Gasteiger partial charge in [-0.1, -0.05) is 17.7 Å². The molecule has 0 fully saturated rings. The van der Waals surface area contributed by atoms with Crippen molar-refractivity contribution in [3.63, 3.8) is 0 Å². The van der Waals surface area contributed by atoms with Gasteiger partial charge in [-0.3, -0.25) is 0 Å². The van der Waals surface area contributed by atoms with Gasteiger partial charge in [-0.05, 0) is 6.92 Å². The lowest BCUT2D eigenvalue weighted by molar-refractivity contribution is 0.182. The number of hydrogen-bond acceptors (Lipinski definition) is 4. The van der Waals surface area contributed by atoms with Crippen molar-refractivity contribution < 1.29 is 9.53 Å². The van der Waals surface area contributed by atoms with E-state index in [1.165, 1.54) is 10.8 Å². The zero-order valence-electron chi connectivity index (χ0n) is 5.55. The summed E-state index contributed by atoms with van der Waals surface area (Å²) < 4.78 is 4.65. The van der Waals surface area contributed by atoms with Crippen molar-refractivity contribution in [3.05, 3.63) is 0 Å². The topological polar surface area (TPSA) is 26.3 Å². The molecule has 0 aromatic rings. The predicted molar refractivity (Wildman–Crippen MR) is 42.7 cm³/mol. The first kappa shape index (κ1) is 9.17. The highest BCUT2D eigenvalue weighted by Crippen LogP contribution is 2.22. The number of rotatable bonds is 3. The van der Waals surface area contributed by atoms with Crippen LogP contribution in [0, 0.1) is 0 Å². The van der Waals surface area contributed by atoms with E-state index in [1.54, 1.807) is 6.92 Å². The molecule has 0 spiro atoms. The van der Waals surface area contributed by atoms with Gasteiger partial charge >= 0.3 is 5.30 Å². The molecule has 9 heavy (non-hydrogen) atoms. The molecule has 2 nitrogen and oxygen atoms in total. The van der Waals surface area contributed by atoms with Crippen LogP contribution in [0.2, 0.25) is 0 Å². The Labute approximate surface area is 63.1 Å². The first-order valence-electron chi connectivity index (χ1n) is 2.77. The summed E-state index contributed by atoms with van der Waals surface area (Å²) in [5, 5.41) is -0.190. The average molecular weight is 166 g/mol. The molecule has 0 heterocycles. The lowest BCUT2D eigenvalue weighted by atomic mass is 10.9.